The molecule has 0 amide bonds. The number of ether oxygens (including phenoxy) is 2. The summed E-state index contributed by atoms with van der Waals surface area (Å²) in [6, 6.07) is 9.49. The van der Waals surface area contributed by atoms with Gasteiger partial charge in [-0.1, -0.05) is 30.0 Å². The lowest BCUT2D eigenvalue weighted by atomic mass is 9.86. The summed E-state index contributed by atoms with van der Waals surface area (Å²) < 4.78 is 11.0. The number of hydrogen-bond donors (Lipinski definition) is 1. The van der Waals surface area contributed by atoms with Crippen molar-refractivity contribution in [3.05, 3.63) is 35.9 Å². The molecule has 4 nitrogen and oxygen atoms in total. The van der Waals surface area contributed by atoms with Gasteiger partial charge in [0.2, 0.25) is 0 Å². The van der Waals surface area contributed by atoms with Crippen molar-refractivity contribution in [3.8, 4) is 11.8 Å². The van der Waals surface area contributed by atoms with Crippen LogP contribution < -0.4 is 0 Å². The maximum Gasteiger partial charge on any atom is 0.315 e. The van der Waals surface area contributed by atoms with Crippen LogP contribution in [0.2, 0.25) is 0 Å². The minimum absolute atomic E-state index is 0.299. The molecule has 0 spiro atoms. The second-order valence-electron chi connectivity index (χ2n) is 6.04. The van der Waals surface area contributed by atoms with Gasteiger partial charge in [0.25, 0.3) is 0 Å². The van der Waals surface area contributed by atoms with Crippen LogP contribution in [-0.4, -0.2) is 36.0 Å². The van der Waals surface area contributed by atoms with Crippen molar-refractivity contribution in [2.75, 3.05) is 6.61 Å². The van der Waals surface area contributed by atoms with Crippen LogP contribution in [0.3, 0.4) is 0 Å². The quantitative estimate of drug-likeness (QED) is 0.647. The van der Waals surface area contributed by atoms with Crippen molar-refractivity contribution in [3.63, 3.8) is 0 Å². The molecule has 0 aromatic heterocycles. The molecule has 1 aromatic carbocycles. The van der Waals surface area contributed by atoms with E-state index in [-0.39, 0.29) is 5.97 Å². The van der Waals surface area contributed by atoms with Gasteiger partial charge in [0.1, 0.15) is 6.10 Å². The number of carbonyl (C=O) groups is 1. The second kappa shape index (κ2) is 8.71. The lowest BCUT2D eigenvalue weighted by molar-refractivity contribution is -0.164. The molecular formula is C19H26O4. The molecule has 0 fully saturated rings. The van der Waals surface area contributed by atoms with Gasteiger partial charge in [-0.25, -0.2) is 0 Å². The van der Waals surface area contributed by atoms with E-state index in [2.05, 4.69) is 11.8 Å². The fourth-order valence-electron chi connectivity index (χ4n) is 1.81. The highest BCUT2D eigenvalue weighted by molar-refractivity contribution is 5.77. The fraction of sp³-hybridized carbons (Fsp3) is 0.526. The van der Waals surface area contributed by atoms with Gasteiger partial charge >= 0.3 is 5.97 Å². The van der Waals surface area contributed by atoms with Crippen LogP contribution in [0.4, 0.5) is 0 Å². The van der Waals surface area contributed by atoms with Gasteiger partial charge < -0.3 is 14.6 Å². The summed E-state index contributed by atoms with van der Waals surface area (Å²) in [5.41, 5.74) is -0.105. The number of benzene rings is 1. The minimum Gasteiger partial charge on any atom is -0.465 e. The standard InChI is InChI=1S/C19H26O4/c1-6-22-18(21)19(4,5)17(23-15(3)14(2)20)13-12-16-10-8-7-9-11-16/h7-11,14-15,17,20H,6H2,1-5H3/t14-,15+,17?/m0/s1. The normalized spacial score (nSPS) is 15.0. The highest BCUT2D eigenvalue weighted by atomic mass is 16.5. The SMILES string of the molecule is CCOC(=O)C(C)(C)C(C#Cc1ccccc1)O[C@H](C)[C@H](C)O. The Hall–Kier alpha value is -1.83. The van der Waals surface area contributed by atoms with Crippen LogP contribution in [-0.2, 0) is 14.3 Å². The van der Waals surface area contributed by atoms with Gasteiger partial charge in [-0.15, -0.1) is 0 Å². The lowest BCUT2D eigenvalue weighted by Gasteiger charge is -2.31. The summed E-state index contributed by atoms with van der Waals surface area (Å²) in [7, 11) is 0. The number of aliphatic hydroxyl groups is 1. The lowest BCUT2D eigenvalue weighted by Crippen LogP contribution is -2.42. The van der Waals surface area contributed by atoms with Crippen LogP contribution >= 0.6 is 0 Å². The first kappa shape index (κ1) is 19.2. The summed E-state index contributed by atoms with van der Waals surface area (Å²) in [4.78, 5) is 12.2. The molecule has 0 aliphatic carbocycles. The Morgan fingerprint density at radius 2 is 1.87 bits per heavy atom. The Balaban J connectivity index is 3.07. The van der Waals surface area contributed by atoms with E-state index < -0.39 is 23.7 Å². The van der Waals surface area contributed by atoms with E-state index in [1.54, 1.807) is 34.6 Å². The van der Waals surface area contributed by atoms with Crippen molar-refractivity contribution in [1.82, 2.24) is 0 Å². The van der Waals surface area contributed by atoms with E-state index in [9.17, 15) is 9.90 Å². The largest absolute Gasteiger partial charge is 0.465 e. The van der Waals surface area contributed by atoms with Gasteiger partial charge in [-0.3, -0.25) is 4.79 Å². The average Bonchev–Trinajstić information content (AvgIpc) is 2.52. The van der Waals surface area contributed by atoms with Gasteiger partial charge in [0.05, 0.1) is 24.2 Å². The third-order valence-corrected chi connectivity index (χ3v) is 3.61. The molecule has 0 aliphatic rings. The number of hydrogen-bond acceptors (Lipinski definition) is 4. The Kier molecular flexibility index (Phi) is 7.28. The topological polar surface area (TPSA) is 55.8 Å². The van der Waals surface area contributed by atoms with Crippen molar-refractivity contribution < 1.29 is 19.4 Å². The van der Waals surface area contributed by atoms with Crippen LogP contribution in [0.5, 0.6) is 0 Å². The van der Waals surface area contributed by atoms with Crippen molar-refractivity contribution >= 4 is 5.97 Å². The van der Waals surface area contributed by atoms with Crippen LogP contribution in [0, 0.1) is 17.3 Å². The van der Waals surface area contributed by atoms with Crippen LogP contribution in [0.1, 0.15) is 40.2 Å². The molecule has 23 heavy (non-hydrogen) atoms. The zero-order chi connectivity index (χ0) is 17.5. The Bertz CT molecular complexity index is 552. The highest BCUT2D eigenvalue weighted by Crippen LogP contribution is 2.27. The fourth-order valence-corrected chi connectivity index (χ4v) is 1.81. The number of aliphatic hydroxyl groups excluding tert-OH is 1. The molecule has 0 bridgehead atoms. The first-order valence-corrected chi connectivity index (χ1v) is 7.86. The first-order valence-electron chi connectivity index (χ1n) is 7.86. The molecule has 3 atom stereocenters. The van der Waals surface area contributed by atoms with E-state index >= 15 is 0 Å². The van der Waals surface area contributed by atoms with E-state index in [1.165, 1.54) is 0 Å². The van der Waals surface area contributed by atoms with E-state index in [0.29, 0.717) is 6.61 Å². The third kappa shape index (κ3) is 5.70. The molecule has 4 heteroatoms. The predicted octanol–water partition coefficient (Wildman–Crippen LogP) is 2.78. The molecular weight excluding hydrogens is 292 g/mol. The second-order valence-corrected chi connectivity index (χ2v) is 6.04. The number of carbonyl (C=O) groups excluding carboxylic acids is 1. The minimum atomic E-state index is -0.944. The Labute approximate surface area is 138 Å². The smallest absolute Gasteiger partial charge is 0.315 e. The zero-order valence-electron chi connectivity index (χ0n) is 14.5. The molecule has 1 rings (SSSR count). The summed E-state index contributed by atoms with van der Waals surface area (Å²) in [5, 5.41) is 9.67. The molecule has 0 heterocycles. The number of rotatable bonds is 6. The molecule has 0 saturated heterocycles. The third-order valence-electron chi connectivity index (χ3n) is 3.61. The summed E-state index contributed by atoms with van der Waals surface area (Å²) in [6.45, 7) is 8.94. The highest BCUT2D eigenvalue weighted by Gasteiger charge is 2.39. The summed E-state index contributed by atoms with van der Waals surface area (Å²) in [6.07, 6.45) is -1.79. The Morgan fingerprint density at radius 3 is 2.39 bits per heavy atom. The van der Waals surface area contributed by atoms with Gasteiger partial charge in [0, 0.05) is 5.56 Å². The van der Waals surface area contributed by atoms with Gasteiger partial charge in [-0.2, -0.15) is 0 Å². The molecule has 0 saturated carbocycles. The summed E-state index contributed by atoms with van der Waals surface area (Å²) >= 11 is 0. The van der Waals surface area contributed by atoms with Gasteiger partial charge in [0.15, 0.2) is 0 Å². The van der Waals surface area contributed by atoms with E-state index in [4.69, 9.17) is 9.47 Å². The molecule has 0 aliphatic heterocycles. The molecule has 126 valence electrons. The monoisotopic (exact) mass is 318 g/mol. The summed E-state index contributed by atoms with van der Waals surface area (Å²) in [5.74, 6) is 5.67. The maximum atomic E-state index is 12.2. The molecule has 1 aromatic rings. The average molecular weight is 318 g/mol. The van der Waals surface area contributed by atoms with Crippen molar-refractivity contribution in [2.45, 2.75) is 52.9 Å². The Morgan fingerprint density at radius 1 is 1.26 bits per heavy atom. The predicted molar refractivity (Wildman–Crippen MR) is 89.7 cm³/mol. The van der Waals surface area contributed by atoms with E-state index in [1.807, 2.05) is 30.3 Å². The van der Waals surface area contributed by atoms with Crippen LogP contribution in [0.25, 0.3) is 0 Å². The first-order chi connectivity index (χ1) is 10.8. The maximum absolute atomic E-state index is 12.2. The zero-order valence-corrected chi connectivity index (χ0v) is 14.5. The number of esters is 1. The van der Waals surface area contributed by atoms with Gasteiger partial charge in [-0.05, 0) is 46.8 Å². The van der Waals surface area contributed by atoms with Crippen molar-refractivity contribution in [2.24, 2.45) is 5.41 Å². The molecule has 1 N–H and O–H groups in total. The molecule has 1 unspecified atom stereocenters. The van der Waals surface area contributed by atoms with Crippen molar-refractivity contribution in [1.29, 1.82) is 0 Å². The van der Waals surface area contributed by atoms with Crippen LogP contribution in [0.15, 0.2) is 30.3 Å². The molecule has 0 radical (unpaired) electrons. The van der Waals surface area contributed by atoms with E-state index in [0.717, 1.165) is 5.56 Å².